The standard InChI is InChI=1S/C17H13NO4/c1-2-10-9-18(11-3-5-12(19)6-4-11)17(22)16-14(10)7-13(20)8-15(16)21/h2-9,19-21H,1H2. The first-order valence-corrected chi connectivity index (χ1v) is 6.54. The smallest absolute Gasteiger partial charge is 0.266 e. The van der Waals surface area contributed by atoms with E-state index in [-0.39, 0.29) is 22.6 Å². The first-order chi connectivity index (χ1) is 10.5. The SMILES string of the molecule is C=Cc1cn(-c2ccc(O)cc2)c(=O)c2c(O)cc(O)cc12. The predicted octanol–water partition coefficient (Wildman–Crippen LogP) is 2.75. The Hall–Kier alpha value is -3.21. The summed E-state index contributed by atoms with van der Waals surface area (Å²) < 4.78 is 1.36. The Bertz CT molecular complexity index is 940. The number of phenolic OH excluding ortho intramolecular Hbond substituents is 3. The maximum absolute atomic E-state index is 12.6. The summed E-state index contributed by atoms with van der Waals surface area (Å²) in [6.07, 6.45) is 3.11. The second-order valence-corrected chi connectivity index (χ2v) is 4.87. The normalized spacial score (nSPS) is 10.7. The molecule has 0 bridgehead atoms. The van der Waals surface area contributed by atoms with Gasteiger partial charge in [0, 0.05) is 23.3 Å². The van der Waals surface area contributed by atoms with Gasteiger partial charge in [0.05, 0.1) is 5.39 Å². The molecule has 1 heterocycles. The Labute approximate surface area is 125 Å². The lowest BCUT2D eigenvalue weighted by atomic mass is 10.1. The van der Waals surface area contributed by atoms with Crippen LogP contribution >= 0.6 is 0 Å². The second kappa shape index (κ2) is 4.96. The minimum atomic E-state index is -0.427. The fourth-order valence-electron chi connectivity index (χ4n) is 2.42. The maximum atomic E-state index is 12.6. The van der Waals surface area contributed by atoms with Crippen LogP contribution in [0.2, 0.25) is 0 Å². The molecule has 0 spiro atoms. The van der Waals surface area contributed by atoms with Crippen molar-refractivity contribution in [3.63, 3.8) is 0 Å². The molecule has 0 atom stereocenters. The van der Waals surface area contributed by atoms with Gasteiger partial charge in [-0.25, -0.2) is 0 Å². The summed E-state index contributed by atoms with van der Waals surface area (Å²) in [5.74, 6) is -0.333. The number of nitrogens with zero attached hydrogens (tertiary/aromatic N) is 1. The third-order valence-corrected chi connectivity index (χ3v) is 3.46. The van der Waals surface area contributed by atoms with Crippen LogP contribution in [0.3, 0.4) is 0 Å². The molecule has 3 N–H and O–H groups in total. The molecule has 0 radical (unpaired) electrons. The molecule has 5 heteroatoms. The Morgan fingerprint density at radius 3 is 2.32 bits per heavy atom. The molecule has 22 heavy (non-hydrogen) atoms. The Balaban J connectivity index is 2.43. The molecule has 0 amide bonds. The van der Waals surface area contributed by atoms with E-state index in [1.807, 2.05) is 0 Å². The van der Waals surface area contributed by atoms with E-state index in [1.165, 1.54) is 28.8 Å². The van der Waals surface area contributed by atoms with E-state index in [0.717, 1.165) is 6.07 Å². The van der Waals surface area contributed by atoms with Crippen LogP contribution in [0.1, 0.15) is 5.56 Å². The minimum Gasteiger partial charge on any atom is -0.508 e. The molecule has 0 aliphatic heterocycles. The van der Waals surface area contributed by atoms with Gasteiger partial charge in [-0.3, -0.25) is 9.36 Å². The lowest BCUT2D eigenvalue weighted by Gasteiger charge is -2.12. The number of benzene rings is 2. The van der Waals surface area contributed by atoms with E-state index in [0.29, 0.717) is 16.6 Å². The molecular formula is C17H13NO4. The van der Waals surface area contributed by atoms with Gasteiger partial charge in [0.25, 0.3) is 5.56 Å². The zero-order valence-electron chi connectivity index (χ0n) is 11.5. The summed E-state index contributed by atoms with van der Waals surface area (Å²) >= 11 is 0. The van der Waals surface area contributed by atoms with Crippen LogP contribution in [0.5, 0.6) is 17.2 Å². The van der Waals surface area contributed by atoms with Crippen LogP contribution in [0.15, 0.2) is 54.0 Å². The van der Waals surface area contributed by atoms with Gasteiger partial charge in [0.1, 0.15) is 17.2 Å². The number of aromatic nitrogens is 1. The van der Waals surface area contributed by atoms with Crippen molar-refractivity contribution < 1.29 is 15.3 Å². The van der Waals surface area contributed by atoms with Crippen molar-refractivity contribution in [3.8, 4) is 22.9 Å². The number of pyridine rings is 1. The Morgan fingerprint density at radius 1 is 1.00 bits per heavy atom. The van der Waals surface area contributed by atoms with Crippen LogP contribution in [-0.4, -0.2) is 19.9 Å². The minimum absolute atomic E-state index is 0.0919. The number of rotatable bonds is 2. The third-order valence-electron chi connectivity index (χ3n) is 3.46. The highest BCUT2D eigenvalue weighted by molar-refractivity contribution is 5.94. The van der Waals surface area contributed by atoms with Crippen LogP contribution in [0.4, 0.5) is 0 Å². The van der Waals surface area contributed by atoms with E-state index in [4.69, 9.17) is 0 Å². The van der Waals surface area contributed by atoms with E-state index in [9.17, 15) is 20.1 Å². The number of aromatic hydroxyl groups is 3. The van der Waals surface area contributed by atoms with E-state index < -0.39 is 5.56 Å². The first kappa shape index (κ1) is 13.8. The summed E-state index contributed by atoms with van der Waals surface area (Å²) in [7, 11) is 0. The Morgan fingerprint density at radius 2 is 1.68 bits per heavy atom. The number of hydrogen-bond acceptors (Lipinski definition) is 4. The van der Waals surface area contributed by atoms with Gasteiger partial charge < -0.3 is 15.3 Å². The molecule has 1 aromatic heterocycles. The molecule has 3 aromatic rings. The van der Waals surface area contributed by atoms with Crippen molar-refractivity contribution in [1.29, 1.82) is 0 Å². The molecule has 3 rings (SSSR count). The van der Waals surface area contributed by atoms with Crippen LogP contribution in [-0.2, 0) is 0 Å². The van der Waals surface area contributed by atoms with Gasteiger partial charge in [-0.05, 0) is 35.9 Å². The summed E-state index contributed by atoms with van der Waals surface area (Å²) in [5.41, 5.74) is 0.706. The van der Waals surface area contributed by atoms with Crippen molar-refractivity contribution in [3.05, 3.63) is 65.1 Å². The van der Waals surface area contributed by atoms with Gasteiger partial charge in [0.2, 0.25) is 0 Å². The van der Waals surface area contributed by atoms with Crippen LogP contribution in [0.25, 0.3) is 22.5 Å². The topological polar surface area (TPSA) is 82.7 Å². The van der Waals surface area contributed by atoms with Gasteiger partial charge >= 0.3 is 0 Å². The van der Waals surface area contributed by atoms with Crippen LogP contribution < -0.4 is 5.56 Å². The summed E-state index contributed by atoms with van der Waals surface area (Å²) in [6.45, 7) is 3.70. The van der Waals surface area contributed by atoms with E-state index in [1.54, 1.807) is 18.3 Å². The molecule has 2 aromatic carbocycles. The highest BCUT2D eigenvalue weighted by Crippen LogP contribution is 2.30. The van der Waals surface area contributed by atoms with Gasteiger partial charge in [0.15, 0.2) is 0 Å². The monoisotopic (exact) mass is 295 g/mol. The summed E-state index contributed by atoms with van der Waals surface area (Å²) in [6, 6.07) is 8.65. The Kier molecular flexibility index (Phi) is 3.10. The van der Waals surface area contributed by atoms with E-state index in [2.05, 4.69) is 6.58 Å². The zero-order chi connectivity index (χ0) is 15.9. The van der Waals surface area contributed by atoms with Crippen molar-refractivity contribution >= 4 is 16.8 Å². The van der Waals surface area contributed by atoms with Gasteiger partial charge in [-0.2, -0.15) is 0 Å². The predicted molar refractivity (Wildman–Crippen MR) is 84.6 cm³/mol. The van der Waals surface area contributed by atoms with Gasteiger partial charge in [-0.1, -0.05) is 12.7 Å². The summed E-state index contributed by atoms with van der Waals surface area (Å²) in [5, 5.41) is 29.5. The average Bonchev–Trinajstić information content (AvgIpc) is 2.48. The average molecular weight is 295 g/mol. The quantitative estimate of drug-likeness (QED) is 0.679. The molecule has 110 valence electrons. The molecule has 0 aliphatic carbocycles. The van der Waals surface area contributed by atoms with Crippen molar-refractivity contribution in [1.82, 2.24) is 4.57 Å². The molecule has 0 saturated carbocycles. The molecule has 5 nitrogen and oxygen atoms in total. The van der Waals surface area contributed by atoms with Gasteiger partial charge in [-0.15, -0.1) is 0 Å². The summed E-state index contributed by atoms with van der Waals surface area (Å²) in [4.78, 5) is 12.6. The molecular weight excluding hydrogens is 282 g/mol. The first-order valence-electron chi connectivity index (χ1n) is 6.54. The number of phenols is 3. The number of fused-ring (bicyclic) bond motifs is 1. The second-order valence-electron chi connectivity index (χ2n) is 4.87. The zero-order valence-corrected chi connectivity index (χ0v) is 11.5. The lowest BCUT2D eigenvalue weighted by Crippen LogP contribution is -2.18. The van der Waals surface area contributed by atoms with Crippen molar-refractivity contribution in [2.45, 2.75) is 0 Å². The van der Waals surface area contributed by atoms with Crippen molar-refractivity contribution in [2.24, 2.45) is 0 Å². The maximum Gasteiger partial charge on any atom is 0.266 e. The highest BCUT2D eigenvalue weighted by atomic mass is 16.3. The van der Waals surface area contributed by atoms with Crippen molar-refractivity contribution in [2.75, 3.05) is 0 Å². The molecule has 0 unspecified atom stereocenters. The number of hydrogen-bond donors (Lipinski definition) is 3. The molecule has 0 fully saturated rings. The highest BCUT2D eigenvalue weighted by Gasteiger charge is 2.13. The largest absolute Gasteiger partial charge is 0.508 e. The third kappa shape index (κ3) is 2.09. The lowest BCUT2D eigenvalue weighted by molar-refractivity contribution is 0.454. The molecule has 0 aliphatic rings. The molecule has 0 saturated heterocycles. The van der Waals surface area contributed by atoms with Crippen LogP contribution in [0, 0.1) is 0 Å². The van der Waals surface area contributed by atoms with E-state index >= 15 is 0 Å². The fraction of sp³-hybridized carbons (Fsp3) is 0. The fourth-order valence-corrected chi connectivity index (χ4v) is 2.42.